The van der Waals surface area contributed by atoms with E-state index in [1.807, 2.05) is 0 Å². The molecule has 8 nitrogen and oxygen atoms in total. The zero-order valence-electron chi connectivity index (χ0n) is 20.4. The lowest BCUT2D eigenvalue weighted by Crippen LogP contribution is -2.51. The first kappa shape index (κ1) is 24.5. The van der Waals surface area contributed by atoms with Crippen LogP contribution in [0.25, 0.3) is 0 Å². The van der Waals surface area contributed by atoms with Gasteiger partial charge in [0.25, 0.3) is 0 Å². The number of hydrogen-bond acceptors (Lipinski definition) is 8. The minimum Gasteiger partial charge on any atom is -0.469 e. The van der Waals surface area contributed by atoms with Gasteiger partial charge in [0.15, 0.2) is 0 Å². The van der Waals surface area contributed by atoms with E-state index in [-0.39, 0.29) is 11.8 Å². The number of methoxy groups -OCH3 is 4. The van der Waals surface area contributed by atoms with Crippen LogP contribution in [0.15, 0.2) is 22.3 Å². The predicted octanol–water partition coefficient (Wildman–Crippen LogP) is 3.14. The fourth-order valence-electron chi connectivity index (χ4n) is 7.10. The maximum absolute atomic E-state index is 13.3. The molecule has 0 aromatic rings. The zero-order chi connectivity index (χ0) is 24.6. The summed E-state index contributed by atoms with van der Waals surface area (Å²) in [4.78, 5) is 52.9. The van der Waals surface area contributed by atoms with E-state index in [0.717, 1.165) is 48.0 Å². The highest BCUT2D eigenvalue weighted by Gasteiger charge is 2.58. The van der Waals surface area contributed by atoms with Crippen LogP contribution >= 0.6 is 0 Å². The number of fused-ring (bicyclic) bond motifs is 3. The van der Waals surface area contributed by atoms with Gasteiger partial charge in [0.2, 0.25) is 0 Å². The molecule has 4 rings (SSSR count). The Bertz CT molecular complexity index is 868. The molecule has 0 aliphatic heterocycles. The van der Waals surface area contributed by atoms with Crippen molar-refractivity contribution in [3.63, 3.8) is 0 Å². The number of hydrogen-bond donors (Lipinski definition) is 0. The Hall–Kier alpha value is -2.64. The van der Waals surface area contributed by atoms with Crippen LogP contribution in [0.5, 0.6) is 0 Å². The third kappa shape index (κ3) is 3.75. The van der Waals surface area contributed by atoms with Crippen molar-refractivity contribution in [3.05, 3.63) is 22.3 Å². The minimum atomic E-state index is -0.874. The number of carbonyl (C=O) groups is 4. The van der Waals surface area contributed by atoms with Crippen LogP contribution in [0, 0.1) is 35.5 Å². The van der Waals surface area contributed by atoms with Crippen LogP contribution in [-0.4, -0.2) is 52.3 Å². The summed E-state index contributed by atoms with van der Waals surface area (Å²) in [7, 11) is 5.31. The van der Waals surface area contributed by atoms with Gasteiger partial charge >= 0.3 is 23.9 Å². The second kappa shape index (κ2) is 9.92. The van der Waals surface area contributed by atoms with Gasteiger partial charge in [0.1, 0.15) is 0 Å². The van der Waals surface area contributed by atoms with E-state index in [1.54, 1.807) is 0 Å². The molecular formula is C26H34O8. The number of rotatable bonds is 4. The van der Waals surface area contributed by atoms with Crippen molar-refractivity contribution >= 4 is 23.9 Å². The number of esters is 4. The first-order valence-corrected chi connectivity index (χ1v) is 12.2. The molecule has 0 heterocycles. The summed E-state index contributed by atoms with van der Waals surface area (Å²) in [5.41, 5.74) is 3.40. The Morgan fingerprint density at radius 1 is 0.559 bits per heavy atom. The van der Waals surface area contributed by atoms with Gasteiger partial charge in [-0.15, -0.1) is 0 Å². The predicted molar refractivity (Wildman–Crippen MR) is 120 cm³/mol. The van der Waals surface area contributed by atoms with E-state index in [2.05, 4.69) is 0 Å². The van der Waals surface area contributed by atoms with E-state index in [0.29, 0.717) is 25.7 Å². The van der Waals surface area contributed by atoms with Crippen molar-refractivity contribution in [2.75, 3.05) is 28.4 Å². The van der Waals surface area contributed by atoms with Crippen molar-refractivity contribution in [2.24, 2.45) is 35.5 Å². The number of allylic oxidation sites excluding steroid dienone is 2. The molecule has 0 radical (unpaired) electrons. The van der Waals surface area contributed by atoms with Gasteiger partial charge in [-0.1, -0.05) is 24.0 Å². The molecule has 0 saturated heterocycles. The third-order valence-electron chi connectivity index (χ3n) is 8.36. The van der Waals surface area contributed by atoms with E-state index < -0.39 is 47.5 Å². The number of carbonyl (C=O) groups excluding carboxylic acids is 4. The molecule has 0 aromatic heterocycles. The van der Waals surface area contributed by atoms with Crippen LogP contribution in [-0.2, 0) is 38.1 Å². The summed E-state index contributed by atoms with van der Waals surface area (Å²) in [6.45, 7) is 0. The molecule has 0 unspecified atom stereocenters. The van der Waals surface area contributed by atoms with Crippen molar-refractivity contribution in [2.45, 2.75) is 51.4 Å². The maximum Gasteiger partial charge on any atom is 0.314 e. The van der Waals surface area contributed by atoms with Gasteiger partial charge in [0.05, 0.1) is 52.1 Å². The first-order valence-electron chi connectivity index (χ1n) is 12.2. The highest BCUT2D eigenvalue weighted by atomic mass is 16.5. The van der Waals surface area contributed by atoms with E-state index in [1.165, 1.54) is 28.4 Å². The normalized spacial score (nSPS) is 32.6. The van der Waals surface area contributed by atoms with E-state index in [4.69, 9.17) is 18.9 Å². The molecule has 186 valence electrons. The molecule has 6 atom stereocenters. The van der Waals surface area contributed by atoms with Crippen LogP contribution in [0.1, 0.15) is 51.4 Å². The van der Waals surface area contributed by atoms with Crippen molar-refractivity contribution in [3.8, 4) is 0 Å². The molecule has 2 fully saturated rings. The van der Waals surface area contributed by atoms with Crippen molar-refractivity contribution in [1.82, 2.24) is 0 Å². The smallest absolute Gasteiger partial charge is 0.314 e. The van der Waals surface area contributed by atoms with Gasteiger partial charge in [-0.25, -0.2) is 0 Å². The minimum absolute atomic E-state index is 0.254. The molecule has 8 heteroatoms. The van der Waals surface area contributed by atoms with Crippen LogP contribution in [0.2, 0.25) is 0 Å². The lowest BCUT2D eigenvalue weighted by Gasteiger charge is -2.50. The fourth-order valence-corrected chi connectivity index (χ4v) is 7.10. The molecule has 0 spiro atoms. The molecule has 34 heavy (non-hydrogen) atoms. The lowest BCUT2D eigenvalue weighted by atomic mass is 9.52. The molecule has 2 saturated carbocycles. The van der Waals surface area contributed by atoms with Crippen molar-refractivity contribution in [1.29, 1.82) is 0 Å². The van der Waals surface area contributed by atoms with E-state index in [9.17, 15) is 19.2 Å². The zero-order valence-corrected chi connectivity index (χ0v) is 20.4. The molecular weight excluding hydrogens is 440 g/mol. The van der Waals surface area contributed by atoms with Gasteiger partial charge < -0.3 is 18.9 Å². The van der Waals surface area contributed by atoms with Gasteiger partial charge in [-0.2, -0.15) is 0 Å². The Morgan fingerprint density at radius 3 is 1.24 bits per heavy atom. The van der Waals surface area contributed by atoms with Crippen LogP contribution in [0.3, 0.4) is 0 Å². The highest BCUT2D eigenvalue weighted by Crippen LogP contribution is 2.59. The summed E-state index contributed by atoms with van der Waals surface area (Å²) < 4.78 is 20.8. The van der Waals surface area contributed by atoms with Gasteiger partial charge in [-0.05, 0) is 61.5 Å². The van der Waals surface area contributed by atoms with Crippen LogP contribution in [0.4, 0.5) is 0 Å². The highest BCUT2D eigenvalue weighted by molar-refractivity contribution is 5.92. The molecule has 0 amide bonds. The molecule has 4 aliphatic rings. The maximum atomic E-state index is 13.3. The second-order valence-electron chi connectivity index (χ2n) is 9.68. The Labute approximate surface area is 200 Å². The Balaban J connectivity index is 2.08. The van der Waals surface area contributed by atoms with Gasteiger partial charge in [-0.3, -0.25) is 19.2 Å². The summed E-state index contributed by atoms with van der Waals surface area (Å²) >= 11 is 0. The molecule has 4 aliphatic carbocycles. The molecule has 0 aromatic carbocycles. The largest absolute Gasteiger partial charge is 0.469 e. The molecule has 0 N–H and O–H groups in total. The van der Waals surface area contributed by atoms with E-state index >= 15 is 0 Å². The first-order chi connectivity index (χ1) is 16.4. The van der Waals surface area contributed by atoms with Crippen LogP contribution < -0.4 is 0 Å². The van der Waals surface area contributed by atoms with Gasteiger partial charge in [0, 0.05) is 0 Å². The number of ether oxygens (including phenoxy) is 4. The lowest BCUT2D eigenvalue weighted by molar-refractivity contribution is -0.161. The monoisotopic (exact) mass is 474 g/mol. The summed E-state index contributed by atoms with van der Waals surface area (Å²) in [5, 5.41) is 0. The standard InChI is InChI=1S/C26H34O8/c1-31-23(27)19-15-11-7-5-9-13(15)18-17(21(19)25(29)33-3)14-10-6-8-12-16(14)20(24(28)32-2)22(18)26(30)34-4/h15-16,19-22H,5-12H2,1-4H3/t15-,16-,19+,20+,21+,22+/m1/s1. The Kier molecular flexibility index (Phi) is 7.14. The quantitative estimate of drug-likeness (QED) is 0.452. The summed E-state index contributed by atoms with van der Waals surface area (Å²) in [6, 6.07) is 0. The summed E-state index contributed by atoms with van der Waals surface area (Å²) in [6.07, 6.45) is 6.43. The average Bonchev–Trinajstić information content (AvgIpc) is 2.89. The average molecular weight is 475 g/mol. The fraction of sp³-hybridized carbons (Fsp3) is 0.692. The molecule has 0 bridgehead atoms. The summed E-state index contributed by atoms with van der Waals surface area (Å²) in [5.74, 6) is -5.59. The SMILES string of the molecule is COC(=O)[C@H]1C2=C3CCCC[C@H]3[C@H](C(=O)OC)[C@@H](C(=O)OC)C2=C2CCCC[C@H]2[C@@H]1C(=O)OC. The topological polar surface area (TPSA) is 105 Å². The van der Waals surface area contributed by atoms with Crippen molar-refractivity contribution < 1.29 is 38.1 Å². The Morgan fingerprint density at radius 2 is 0.912 bits per heavy atom. The second-order valence-corrected chi connectivity index (χ2v) is 9.68. The third-order valence-corrected chi connectivity index (χ3v) is 8.36.